The van der Waals surface area contributed by atoms with E-state index in [0.717, 1.165) is 0 Å². The van der Waals surface area contributed by atoms with E-state index in [2.05, 4.69) is 5.32 Å². The van der Waals surface area contributed by atoms with Gasteiger partial charge in [-0.3, -0.25) is 9.59 Å². The van der Waals surface area contributed by atoms with Crippen molar-refractivity contribution in [1.82, 2.24) is 5.32 Å². The van der Waals surface area contributed by atoms with Crippen LogP contribution in [0.5, 0.6) is 5.75 Å². The fourth-order valence-corrected chi connectivity index (χ4v) is 1.08. The van der Waals surface area contributed by atoms with E-state index in [4.69, 9.17) is 9.84 Å². The van der Waals surface area contributed by atoms with E-state index >= 15 is 0 Å². The fourth-order valence-electron chi connectivity index (χ4n) is 1.08. The summed E-state index contributed by atoms with van der Waals surface area (Å²) in [7, 11) is 1.53. The van der Waals surface area contributed by atoms with E-state index in [1.807, 2.05) is 0 Å². The molecule has 1 aromatic rings. The average molecular weight is 223 g/mol. The Morgan fingerprint density at radius 3 is 2.31 bits per heavy atom. The highest BCUT2D eigenvalue weighted by Crippen LogP contribution is 2.11. The number of amides is 1. The second-order valence-electron chi connectivity index (χ2n) is 3.26. The molecule has 1 amide bonds. The molecule has 1 atom stereocenters. The number of carbonyl (C=O) groups is 2. The molecule has 5 nitrogen and oxygen atoms in total. The molecule has 0 spiro atoms. The monoisotopic (exact) mass is 223 g/mol. The van der Waals surface area contributed by atoms with Gasteiger partial charge in [0.2, 0.25) is 0 Å². The van der Waals surface area contributed by atoms with Gasteiger partial charge >= 0.3 is 5.97 Å². The van der Waals surface area contributed by atoms with Crippen LogP contribution in [0.2, 0.25) is 0 Å². The van der Waals surface area contributed by atoms with E-state index in [0.29, 0.717) is 11.3 Å². The van der Waals surface area contributed by atoms with Gasteiger partial charge in [0.1, 0.15) is 11.8 Å². The summed E-state index contributed by atoms with van der Waals surface area (Å²) in [5.41, 5.74) is 0.397. The Kier molecular flexibility index (Phi) is 3.88. The number of nitrogens with one attached hydrogen (secondary N) is 1. The summed E-state index contributed by atoms with van der Waals surface area (Å²) in [6, 6.07) is 5.52. The minimum Gasteiger partial charge on any atom is -0.497 e. The van der Waals surface area contributed by atoms with Crippen LogP contribution < -0.4 is 10.1 Å². The van der Waals surface area contributed by atoms with Crippen molar-refractivity contribution in [2.75, 3.05) is 7.11 Å². The Hall–Kier alpha value is -2.04. The van der Waals surface area contributed by atoms with Gasteiger partial charge in [-0.1, -0.05) is 0 Å². The first kappa shape index (κ1) is 12.0. The molecule has 1 aromatic carbocycles. The minimum absolute atomic E-state index is 0.397. The van der Waals surface area contributed by atoms with E-state index in [1.54, 1.807) is 24.3 Å². The highest BCUT2D eigenvalue weighted by molar-refractivity contribution is 5.96. The smallest absolute Gasteiger partial charge is 0.325 e. The van der Waals surface area contributed by atoms with Crippen LogP contribution in [0, 0.1) is 0 Å². The maximum atomic E-state index is 11.5. The van der Waals surface area contributed by atoms with Crippen molar-refractivity contribution in [3.8, 4) is 5.75 Å². The molecule has 0 aromatic heterocycles. The standard InChI is InChI=1S/C11H13NO4/c1-7(11(14)15)12-10(13)8-3-5-9(16-2)6-4-8/h3-7H,1-2H3,(H,12,13)(H,14,15)/t7-/m1/s1. The van der Waals surface area contributed by atoms with Crippen molar-refractivity contribution in [1.29, 1.82) is 0 Å². The van der Waals surface area contributed by atoms with Crippen LogP contribution >= 0.6 is 0 Å². The lowest BCUT2D eigenvalue weighted by Gasteiger charge is -2.09. The van der Waals surface area contributed by atoms with Gasteiger partial charge in [0.05, 0.1) is 7.11 Å². The molecule has 0 aliphatic rings. The zero-order chi connectivity index (χ0) is 12.1. The first-order valence-electron chi connectivity index (χ1n) is 4.72. The summed E-state index contributed by atoms with van der Waals surface area (Å²) < 4.78 is 4.94. The Morgan fingerprint density at radius 1 is 1.31 bits per heavy atom. The number of carboxylic acids is 1. The van der Waals surface area contributed by atoms with Crippen molar-refractivity contribution < 1.29 is 19.4 Å². The molecular weight excluding hydrogens is 210 g/mol. The zero-order valence-electron chi connectivity index (χ0n) is 9.06. The van der Waals surface area contributed by atoms with Crippen LogP contribution in [0.3, 0.4) is 0 Å². The molecule has 0 fully saturated rings. The lowest BCUT2D eigenvalue weighted by Crippen LogP contribution is -2.38. The number of methoxy groups -OCH3 is 1. The predicted molar refractivity (Wildman–Crippen MR) is 57.6 cm³/mol. The summed E-state index contributed by atoms with van der Waals surface area (Å²) in [4.78, 5) is 22.1. The number of carboxylic acid groups (broad SMARTS) is 1. The second kappa shape index (κ2) is 5.16. The van der Waals surface area contributed by atoms with Gasteiger partial charge < -0.3 is 15.2 Å². The topological polar surface area (TPSA) is 75.6 Å². The summed E-state index contributed by atoms with van der Waals surface area (Å²) in [6.07, 6.45) is 0. The highest BCUT2D eigenvalue weighted by atomic mass is 16.5. The van der Waals surface area contributed by atoms with Crippen LogP contribution in [0.25, 0.3) is 0 Å². The van der Waals surface area contributed by atoms with Crippen molar-refractivity contribution >= 4 is 11.9 Å². The Bertz CT molecular complexity index is 385. The van der Waals surface area contributed by atoms with Crippen molar-refractivity contribution in [3.05, 3.63) is 29.8 Å². The molecule has 16 heavy (non-hydrogen) atoms. The van der Waals surface area contributed by atoms with Crippen molar-refractivity contribution in [2.45, 2.75) is 13.0 Å². The SMILES string of the molecule is COc1ccc(C(=O)N[C@H](C)C(=O)O)cc1. The van der Waals surface area contributed by atoms with Gasteiger partial charge in [0.15, 0.2) is 0 Å². The highest BCUT2D eigenvalue weighted by Gasteiger charge is 2.14. The normalized spacial score (nSPS) is 11.6. The third-order valence-electron chi connectivity index (χ3n) is 2.07. The second-order valence-corrected chi connectivity index (χ2v) is 3.26. The summed E-state index contributed by atoms with van der Waals surface area (Å²) >= 11 is 0. The molecule has 5 heteroatoms. The molecule has 0 saturated carbocycles. The number of hydrogen-bond acceptors (Lipinski definition) is 3. The molecule has 0 heterocycles. The maximum absolute atomic E-state index is 11.5. The van der Waals surface area contributed by atoms with E-state index in [1.165, 1.54) is 14.0 Å². The van der Waals surface area contributed by atoms with Crippen LogP contribution in [-0.4, -0.2) is 30.1 Å². The largest absolute Gasteiger partial charge is 0.497 e. The molecule has 0 aliphatic carbocycles. The van der Waals surface area contributed by atoms with Gasteiger partial charge in [0.25, 0.3) is 5.91 Å². The molecule has 2 N–H and O–H groups in total. The molecule has 0 bridgehead atoms. The van der Waals surface area contributed by atoms with Gasteiger partial charge in [-0.25, -0.2) is 0 Å². The lowest BCUT2D eigenvalue weighted by atomic mass is 10.2. The first-order valence-corrected chi connectivity index (χ1v) is 4.72. The van der Waals surface area contributed by atoms with E-state index < -0.39 is 17.9 Å². The van der Waals surface area contributed by atoms with Crippen LogP contribution in [0.1, 0.15) is 17.3 Å². The van der Waals surface area contributed by atoms with Crippen molar-refractivity contribution in [2.24, 2.45) is 0 Å². The molecule has 0 unspecified atom stereocenters. The molecular formula is C11H13NO4. The summed E-state index contributed by atoms with van der Waals surface area (Å²) in [5, 5.41) is 11.0. The van der Waals surface area contributed by atoms with Gasteiger partial charge in [-0.2, -0.15) is 0 Å². The first-order chi connectivity index (χ1) is 7.54. The quantitative estimate of drug-likeness (QED) is 0.795. The van der Waals surface area contributed by atoms with E-state index in [9.17, 15) is 9.59 Å². The number of rotatable bonds is 4. The number of aliphatic carboxylic acids is 1. The molecule has 0 saturated heterocycles. The van der Waals surface area contributed by atoms with Gasteiger partial charge in [-0.15, -0.1) is 0 Å². The lowest BCUT2D eigenvalue weighted by molar-refractivity contribution is -0.138. The van der Waals surface area contributed by atoms with Crippen LogP contribution in [-0.2, 0) is 4.79 Å². The number of ether oxygens (including phenoxy) is 1. The Morgan fingerprint density at radius 2 is 1.88 bits per heavy atom. The molecule has 1 rings (SSSR count). The minimum atomic E-state index is -1.07. The Labute approximate surface area is 93.0 Å². The average Bonchev–Trinajstić information content (AvgIpc) is 2.28. The molecule has 0 radical (unpaired) electrons. The predicted octanol–water partition coefficient (Wildman–Crippen LogP) is 0.898. The molecule has 86 valence electrons. The molecule has 0 aliphatic heterocycles. The summed E-state index contributed by atoms with van der Waals surface area (Å²) in [5.74, 6) is -0.845. The van der Waals surface area contributed by atoms with Crippen LogP contribution in [0.15, 0.2) is 24.3 Å². The third kappa shape index (κ3) is 2.98. The van der Waals surface area contributed by atoms with Crippen molar-refractivity contribution in [3.63, 3.8) is 0 Å². The fraction of sp³-hybridized carbons (Fsp3) is 0.273. The number of hydrogen-bond donors (Lipinski definition) is 2. The zero-order valence-corrected chi connectivity index (χ0v) is 9.06. The van der Waals surface area contributed by atoms with Gasteiger partial charge in [0, 0.05) is 5.56 Å². The number of carbonyl (C=O) groups excluding carboxylic acids is 1. The van der Waals surface area contributed by atoms with E-state index in [-0.39, 0.29) is 0 Å². The van der Waals surface area contributed by atoms with Crippen LogP contribution in [0.4, 0.5) is 0 Å². The Balaban J connectivity index is 2.69. The summed E-state index contributed by atoms with van der Waals surface area (Å²) in [6.45, 7) is 1.41. The third-order valence-corrected chi connectivity index (χ3v) is 2.07. The van der Waals surface area contributed by atoms with Gasteiger partial charge in [-0.05, 0) is 31.2 Å². The maximum Gasteiger partial charge on any atom is 0.325 e. The number of benzene rings is 1.